The average Bonchev–Trinajstić information content (AvgIpc) is 2.30. The summed E-state index contributed by atoms with van der Waals surface area (Å²) in [5.74, 6) is 0. The molecule has 2 unspecified atom stereocenters. The van der Waals surface area contributed by atoms with Crippen LogP contribution in [0.4, 0.5) is 0 Å². The largest absolute Gasteiger partial charge is 0.327 e. The molecule has 0 radical (unpaired) electrons. The lowest BCUT2D eigenvalue weighted by atomic mass is 10.1. The van der Waals surface area contributed by atoms with Crippen LogP contribution < -0.4 is 5.73 Å². The van der Waals surface area contributed by atoms with Crippen LogP contribution in [0.3, 0.4) is 0 Å². The van der Waals surface area contributed by atoms with Gasteiger partial charge in [-0.15, -0.1) is 0 Å². The van der Waals surface area contributed by atoms with E-state index in [0.717, 1.165) is 6.42 Å². The smallest absolute Gasteiger partial charge is 0.184 e. The molecule has 0 amide bonds. The second kappa shape index (κ2) is 6.55. The van der Waals surface area contributed by atoms with Crippen molar-refractivity contribution in [3.63, 3.8) is 0 Å². The van der Waals surface area contributed by atoms with Gasteiger partial charge in [0.25, 0.3) is 0 Å². The van der Waals surface area contributed by atoms with Gasteiger partial charge in [-0.05, 0) is 25.0 Å². The highest BCUT2D eigenvalue weighted by Crippen LogP contribution is 2.27. The van der Waals surface area contributed by atoms with Crippen LogP contribution in [-0.4, -0.2) is 19.7 Å². The molecule has 0 aliphatic carbocycles. The Bertz CT molecular complexity index is 488. The molecule has 5 heteroatoms. The first kappa shape index (κ1) is 15.5. The van der Waals surface area contributed by atoms with Crippen molar-refractivity contribution in [3.8, 4) is 0 Å². The number of rotatable bonds is 6. The van der Waals surface area contributed by atoms with E-state index in [1.807, 2.05) is 13.8 Å². The van der Waals surface area contributed by atoms with Crippen molar-refractivity contribution in [1.29, 1.82) is 0 Å². The highest BCUT2D eigenvalue weighted by molar-refractivity contribution is 7.92. The zero-order chi connectivity index (χ0) is 13.8. The molecule has 0 spiro atoms. The van der Waals surface area contributed by atoms with Gasteiger partial charge in [0, 0.05) is 6.04 Å². The summed E-state index contributed by atoms with van der Waals surface area (Å²) < 4.78 is 25.1. The second-order valence-electron chi connectivity index (χ2n) is 4.37. The Morgan fingerprint density at radius 2 is 1.89 bits per heavy atom. The molecule has 2 atom stereocenters. The summed E-state index contributed by atoms with van der Waals surface area (Å²) in [6.07, 6.45) is 2.06. The summed E-state index contributed by atoms with van der Waals surface area (Å²) in [4.78, 5) is 0.185. The maximum atomic E-state index is 12.5. The van der Waals surface area contributed by atoms with Crippen molar-refractivity contribution >= 4 is 21.4 Å². The Kier molecular flexibility index (Phi) is 5.63. The van der Waals surface area contributed by atoms with Crippen LogP contribution >= 0.6 is 11.6 Å². The van der Waals surface area contributed by atoms with E-state index in [1.165, 1.54) is 0 Å². The van der Waals surface area contributed by atoms with Crippen LogP contribution in [0.1, 0.15) is 33.1 Å². The lowest BCUT2D eigenvalue weighted by Crippen LogP contribution is -2.40. The molecular weight excluding hydrogens is 270 g/mol. The number of hydrogen-bond acceptors (Lipinski definition) is 3. The molecule has 2 N–H and O–H groups in total. The van der Waals surface area contributed by atoms with Gasteiger partial charge < -0.3 is 5.73 Å². The predicted molar refractivity (Wildman–Crippen MR) is 75.6 cm³/mol. The quantitative estimate of drug-likeness (QED) is 0.876. The number of benzene rings is 1. The van der Waals surface area contributed by atoms with Crippen LogP contribution in [0, 0.1) is 0 Å². The number of hydrogen-bond donors (Lipinski definition) is 1. The van der Waals surface area contributed by atoms with E-state index < -0.39 is 15.1 Å². The molecule has 0 heterocycles. The van der Waals surface area contributed by atoms with Crippen molar-refractivity contribution < 1.29 is 8.42 Å². The fourth-order valence-electron chi connectivity index (χ4n) is 2.11. The van der Waals surface area contributed by atoms with Crippen molar-refractivity contribution in [3.05, 3.63) is 29.3 Å². The Labute approximate surface area is 114 Å². The summed E-state index contributed by atoms with van der Waals surface area (Å²) in [5, 5.41) is -0.308. The Balaban J connectivity index is 3.15. The molecule has 18 heavy (non-hydrogen) atoms. The minimum absolute atomic E-state index is 0.185. The van der Waals surface area contributed by atoms with Gasteiger partial charge in [-0.3, -0.25) is 0 Å². The maximum absolute atomic E-state index is 12.5. The maximum Gasteiger partial charge on any atom is 0.184 e. The molecule has 0 aromatic heterocycles. The molecule has 0 saturated carbocycles. The molecule has 0 bridgehead atoms. The number of halogens is 1. The van der Waals surface area contributed by atoms with Gasteiger partial charge in [0.1, 0.15) is 0 Å². The normalized spacial score (nSPS) is 15.3. The molecule has 102 valence electrons. The van der Waals surface area contributed by atoms with E-state index in [4.69, 9.17) is 17.3 Å². The highest BCUT2D eigenvalue weighted by Gasteiger charge is 2.32. The zero-order valence-corrected chi connectivity index (χ0v) is 12.3. The minimum atomic E-state index is -3.46. The lowest BCUT2D eigenvalue weighted by molar-refractivity contribution is 0.516. The second-order valence-corrected chi connectivity index (χ2v) is 6.92. The molecule has 1 aromatic rings. The summed E-state index contributed by atoms with van der Waals surface area (Å²) in [7, 11) is -3.46. The molecule has 0 fully saturated rings. The van der Waals surface area contributed by atoms with Gasteiger partial charge in [0.05, 0.1) is 15.2 Å². The highest BCUT2D eigenvalue weighted by atomic mass is 35.5. The van der Waals surface area contributed by atoms with E-state index in [-0.39, 0.29) is 16.0 Å². The summed E-state index contributed by atoms with van der Waals surface area (Å²) in [6.45, 7) is 3.84. The Morgan fingerprint density at radius 3 is 2.39 bits per heavy atom. The van der Waals surface area contributed by atoms with Gasteiger partial charge >= 0.3 is 0 Å². The lowest BCUT2D eigenvalue weighted by Gasteiger charge is -2.22. The van der Waals surface area contributed by atoms with Crippen molar-refractivity contribution in [2.75, 3.05) is 0 Å². The van der Waals surface area contributed by atoms with E-state index >= 15 is 0 Å². The molecule has 1 rings (SSSR count). The molecule has 0 aliphatic rings. The Morgan fingerprint density at radius 1 is 1.28 bits per heavy atom. The van der Waals surface area contributed by atoms with Crippen LogP contribution in [0.15, 0.2) is 29.2 Å². The van der Waals surface area contributed by atoms with Crippen LogP contribution in [0.2, 0.25) is 5.02 Å². The Hall–Kier alpha value is -0.580. The van der Waals surface area contributed by atoms with Crippen molar-refractivity contribution in [2.45, 2.75) is 49.3 Å². The molecule has 1 aromatic carbocycles. The van der Waals surface area contributed by atoms with Gasteiger partial charge in [0.15, 0.2) is 9.84 Å². The summed E-state index contributed by atoms with van der Waals surface area (Å²) >= 11 is 5.97. The van der Waals surface area contributed by atoms with Gasteiger partial charge in [-0.25, -0.2) is 8.42 Å². The van der Waals surface area contributed by atoms with E-state index in [2.05, 4.69) is 0 Å². The standard InChI is InChI=1S/C13H20ClNO2S/c1-3-7-11(15)12(4-2)18(16,17)13-9-6-5-8-10(13)14/h5-6,8-9,11-12H,3-4,7,15H2,1-2H3. The van der Waals surface area contributed by atoms with Gasteiger partial charge in [-0.2, -0.15) is 0 Å². The van der Waals surface area contributed by atoms with E-state index in [0.29, 0.717) is 12.8 Å². The number of sulfone groups is 1. The first-order valence-corrected chi connectivity index (χ1v) is 8.11. The van der Waals surface area contributed by atoms with Crippen molar-refractivity contribution in [2.24, 2.45) is 5.73 Å². The third-order valence-electron chi connectivity index (χ3n) is 3.04. The summed E-state index contributed by atoms with van der Waals surface area (Å²) in [6, 6.07) is 6.18. The van der Waals surface area contributed by atoms with Crippen molar-refractivity contribution in [1.82, 2.24) is 0 Å². The van der Waals surface area contributed by atoms with Gasteiger partial charge in [-0.1, -0.05) is 44.0 Å². The SMILES string of the molecule is CCCC(N)C(CC)S(=O)(=O)c1ccccc1Cl. The fraction of sp³-hybridized carbons (Fsp3) is 0.538. The molecular formula is C13H20ClNO2S. The first-order chi connectivity index (χ1) is 8.45. The van der Waals surface area contributed by atoms with E-state index in [1.54, 1.807) is 24.3 Å². The first-order valence-electron chi connectivity index (χ1n) is 6.19. The fourth-order valence-corrected chi connectivity index (χ4v) is 4.54. The van der Waals surface area contributed by atoms with E-state index in [9.17, 15) is 8.42 Å². The molecule has 0 saturated heterocycles. The van der Waals surface area contributed by atoms with Crippen LogP contribution in [0.25, 0.3) is 0 Å². The number of nitrogens with two attached hydrogens (primary N) is 1. The molecule has 3 nitrogen and oxygen atoms in total. The monoisotopic (exact) mass is 289 g/mol. The van der Waals surface area contributed by atoms with Crippen LogP contribution in [0.5, 0.6) is 0 Å². The predicted octanol–water partition coefficient (Wildman–Crippen LogP) is 3.02. The third-order valence-corrected chi connectivity index (χ3v) is 5.93. The zero-order valence-electron chi connectivity index (χ0n) is 10.8. The molecule has 0 aliphatic heterocycles. The van der Waals surface area contributed by atoms with Gasteiger partial charge in [0.2, 0.25) is 0 Å². The minimum Gasteiger partial charge on any atom is -0.327 e. The summed E-state index contributed by atoms with van der Waals surface area (Å²) in [5.41, 5.74) is 5.99. The van der Waals surface area contributed by atoms with Crippen LogP contribution in [-0.2, 0) is 9.84 Å². The topological polar surface area (TPSA) is 60.2 Å². The third kappa shape index (κ3) is 3.25. The average molecular weight is 290 g/mol.